The molecule has 120 valence electrons. The van der Waals surface area contributed by atoms with Gasteiger partial charge in [0.1, 0.15) is 0 Å². The highest BCUT2D eigenvalue weighted by atomic mass is 16.1. The first kappa shape index (κ1) is 19.4. The van der Waals surface area contributed by atoms with Crippen molar-refractivity contribution in [3.8, 4) is 0 Å². The molecule has 20 heavy (non-hydrogen) atoms. The van der Waals surface area contributed by atoms with E-state index in [1.165, 1.54) is 51.4 Å². The first-order chi connectivity index (χ1) is 9.56. The minimum absolute atomic E-state index is 0.151. The lowest BCUT2D eigenvalue weighted by Crippen LogP contribution is -2.36. The highest BCUT2D eigenvalue weighted by molar-refractivity contribution is 5.76. The van der Waals surface area contributed by atoms with E-state index in [0.717, 1.165) is 12.8 Å². The summed E-state index contributed by atoms with van der Waals surface area (Å²) < 4.78 is 0. The molecular formula is C17H36N2O. The van der Waals surface area contributed by atoms with E-state index >= 15 is 0 Å². The topological polar surface area (TPSA) is 55.1 Å². The second-order valence-corrected chi connectivity index (χ2v) is 6.26. The fourth-order valence-corrected chi connectivity index (χ4v) is 2.56. The highest BCUT2D eigenvalue weighted by Crippen LogP contribution is 2.10. The quantitative estimate of drug-likeness (QED) is 0.499. The molecule has 3 heteroatoms. The summed E-state index contributed by atoms with van der Waals surface area (Å²) in [6.45, 7) is 6.25. The van der Waals surface area contributed by atoms with E-state index in [0.29, 0.717) is 6.42 Å². The average Bonchev–Trinajstić information content (AvgIpc) is 2.35. The third-order valence-corrected chi connectivity index (χ3v) is 3.64. The van der Waals surface area contributed by atoms with E-state index in [2.05, 4.69) is 12.2 Å². The standard InChI is InChI=1S/C17H36N2O/c1-4-5-6-7-8-9-10-11-12-13-17(20)19-16(3)14-15(2)18/h15-16H,4-14,18H2,1-3H3,(H,19,20). The zero-order valence-corrected chi connectivity index (χ0v) is 13.9. The third-order valence-electron chi connectivity index (χ3n) is 3.64. The molecule has 0 fully saturated rings. The van der Waals surface area contributed by atoms with Gasteiger partial charge in [0, 0.05) is 18.5 Å². The second kappa shape index (κ2) is 13.4. The molecule has 0 bridgehead atoms. The van der Waals surface area contributed by atoms with E-state index in [1.54, 1.807) is 0 Å². The van der Waals surface area contributed by atoms with Crippen molar-refractivity contribution in [2.75, 3.05) is 0 Å². The van der Waals surface area contributed by atoms with Gasteiger partial charge in [-0.05, 0) is 26.7 Å². The fourth-order valence-electron chi connectivity index (χ4n) is 2.56. The predicted molar refractivity (Wildman–Crippen MR) is 87.7 cm³/mol. The van der Waals surface area contributed by atoms with Gasteiger partial charge in [-0.15, -0.1) is 0 Å². The zero-order chi connectivity index (χ0) is 15.2. The first-order valence-corrected chi connectivity index (χ1v) is 8.61. The molecule has 0 spiro atoms. The maximum absolute atomic E-state index is 11.7. The van der Waals surface area contributed by atoms with Crippen molar-refractivity contribution < 1.29 is 4.79 Å². The van der Waals surface area contributed by atoms with Crippen molar-refractivity contribution in [3.05, 3.63) is 0 Å². The fraction of sp³-hybridized carbons (Fsp3) is 0.941. The summed E-state index contributed by atoms with van der Waals surface area (Å²) in [5, 5.41) is 3.02. The highest BCUT2D eigenvalue weighted by Gasteiger charge is 2.08. The van der Waals surface area contributed by atoms with Crippen LogP contribution in [0.1, 0.15) is 91.4 Å². The Morgan fingerprint density at radius 2 is 1.45 bits per heavy atom. The summed E-state index contributed by atoms with van der Waals surface area (Å²) in [6.07, 6.45) is 13.1. The number of carbonyl (C=O) groups is 1. The molecule has 3 nitrogen and oxygen atoms in total. The Hall–Kier alpha value is -0.570. The molecule has 0 aliphatic carbocycles. The van der Waals surface area contributed by atoms with Gasteiger partial charge in [-0.25, -0.2) is 0 Å². The van der Waals surface area contributed by atoms with Crippen LogP contribution in [0.25, 0.3) is 0 Å². The Kier molecular flexibility index (Phi) is 13.0. The van der Waals surface area contributed by atoms with Crippen molar-refractivity contribution in [2.24, 2.45) is 5.73 Å². The van der Waals surface area contributed by atoms with Crippen LogP contribution in [-0.4, -0.2) is 18.0 Å². The van der Waals surface area contributed by atoms with Gasteiger partial charge in [0.25, 0.3) is 0 Å². The van der Waals surface area contributed by atoms with E-state index in [-0.39, 0.29) is 18.0 Å². The number of hydrogen-bond donors (Lipinski definition) is 2. The molecule has 0 saturated carbocycles. The van der Waals surface area contributed by atoms with Crippen LogP contribution in [0.4, 0.5) is 0 Å². The predicted octanol–water partition coefficient (Wildman–Crippen LogP) is 4.15. The lowest BCUT2D eigenvalue weighted by molar-refractivity contribution is -0.121. The number of carbonyl (C=O) groups excluding carboxylic acids is 1. The molecule has 2 atom stereocenters. The number of rotatable bonds is 13. The number of nitrogens with two attached hydrogens (primary N) is 1. The van der Waals surface area contributed by atoms with E-state index in [1.807, 2.05) is 13.8 Å². The van der Waals surface area contributed by atoms with Gasteiger partial charge in [0.2, 0.25) is 5.91 Å². The van der Waals surface area contributed by atoms with Gasteiger partial charge < -0.3 is 11.1 Å². The summed E-state index contributed by atoms with van der Waals surface area (Å²) in [4.78, 5) is 11.7. The molecule has 1 amide bonds. The Bertz CT molecular complexity index is 229. The van der Waals surface area contributed by atoms with Crippen molar-refractivity contribution in [1.29, 1.82) is 0 Å². The SMILES string of the molecule is CCCCCCCCCCCC(=O)NC(C)CC(C)N. The summed E-state index contributed by atoms with van der Waals surface area (Å²) in [5.74, 6) is 0.182. The van der Waals surface area contributed by atoms with Gasteiger partial charge in [-0.2, -0.15) is 0 Å². The summed E-state index contributed by atoms with van der Waals surface area (Å²) >= 11 is 0. The van der Waals surface area contributed by atoms with Gasteiger partial charge >= 0.3 is 0 Å². The molecule has 3 N–H and O–H groups in total. The molecule has 0 aromatic heterocycles. The summed E-state index contributed by atoms with van der Waals surface area (Å²) in [6, 6.07) is 0.346. The molecule has 0 rings (SSSR count). The summed E-state index contributed by atoms with van der Waals surface area (Å²) in [7, 11) is 0. The van der Waals surface area contributed by atoms with E-state index in [9.17, 15) is 4.79 Å². The van der Waals surface area contributed by atoms with Gasteiger partial charge in [0.15, 0.2) is 0 Å². The minimum atomic E-state index is 0.151. The number of hydrogen-bond acceptors (Lipinski definition) is 2. The molecular weight excluding hydrogens is 248 g/mol. The second-order valence-electron chi connectivity index (χ2n) is 6.26. The van der Waals surface area contributed by atoms with Gasteiger partial charge in [-0.3, -0.25) is 4.79 Å². The van der Waals surface area contributed by atoms with Crippen LogP contribution in [0.5, 0.6) is 0 Å². The van der Waals surface area contributed by atoms with Crippen LogP contribution in [0, 0.1) is 0 Å². The smallest absolute Gasteiger partial charge is 0.220 e. The van der Waals surface area contributed by atoms with Crippen molar-refractivity contribution in [3.63, 3.8) is 0 Å². The van der Waals surface area contributed by atoms with Crippen LogP contribution < -0.4 is 11.1 Å². The van der Waals surface area contributed by atoms with Gasteiger partial charge in [0.05, 0.1) is 0 Å². The number of amides is 1. The molecule has 0 aliphatic rings. The lowest BCUT2D eigenvalue weighted by Gasteiger charge is -2.15. The first-order valence-electron chi connectivity index (χ1n) is 8.61. The van der Waals surface area contributed by atoms with Crippen molar-refractivity contribution in [1.82, 2.24) is 5.32 Å². The average molecular weight is 284 g/mol. The lowest BCUT2D eigenvalue weighted by atomic mass is 10.1. The maximum atomic E-state index is 11.7. The normalized spacial score (nSPS) is 14.0. The van der Waals surface area contributed by atoms with Crippen LogP contribution in [-0.2, 0) is 4.79 Å². The van der Waals surface area contributed by atoms with E-state index in [4.69, 9.17) is 5.73 Å². The van der Waals surface area contributed by atoms with Gasteiger partial charge in [-0.1, -0.05) is 58.3 Å². The van der Waals surface area contributed by atoms with Crippen LogP contribution in [0.3, 0.4) is 0 Å². The Balaban J connectivity index is 3.31. The Labute approximate surface area is 126 Å². The number of unbranched alkanes of at least 4 members (excludes halogenated alkanes) is 8. The van der Waals surface area contributed by atoms with Crippen molar-refractivity contribution >= 4 is 5.91 Å². The van der Waals surface area contributed by atoms with Crippen LogP contribution in [0.2, 0.25) is 0 Å². The largest absolute Gasteiger partial charge is 0.354 e. The monoisotopic (exact) mass is 284 g/mol. The maximum Gasteiger partial charge on any atom is 0.220 e. The van der Waals surface area contributed by atoms with Crippen molar-refractivity contribution in [2.45, 2.75) is 103 Å². The zero-order valence-electron chi connectivity index (χ0n) is 13.9. The molecule has 0 aromatic rings. The molecule has 0 aliphatic heterocycles. The third kappa shape index (κ3) is 13.9. The number of nitrogens with one attached hydrogen (secondary N) is 1. The van der Waals surface area contributed by atoms with Crippen LogP contribution in [0.15, 0.2) is 0 Å². The molecule has 0 heterocycles. The summed E-state index contributed by atoms with van der Waals surface area (Å²) in [5.41, 5.74) is 5.72. The molecule has 0 radical (unpaired) electrons. The van der Waals surface area contributed by atoms with E-state index < -0.39 is 0 Å². The Morgan fingerprint density at radius 1 is 0.950 bits per heavy atom. The molecule has 0 aromatic carbocycles. The Morgan fingerprint density at radius 3 is 1.95 bits per heavy atom. The van der Waals surface area contributed by atoms with Crippen LogP contribution >= 0.6 is 0 Å². The molecule has 0 saturated heterocycles. The minimum Gasteiger partial charge on any atom is -0.354 e. The molecule has 2 unspecified atom stereocenters.